The Morgan fingerprint density at radius 1 is 1.41 bits per heavy atom. The van der Waals surface area contributed by atoms with Crippen molar-refractivity contribution in [2.75, 3.05) is 19.7 Å². The zero-order valence-electron chi connectivity index (χ0n) is 12.7. The van der Waals surface area contributed by atoms with Gasteiger partial charge in [-0.25, -0.2) is 4.99 Å². The summed E-state index contributed by atoms with van der Waals surface area (Å²) in [6, 6.07) is 7.98. The van der Waals surface area contributed by atoms with Gasteiger partial charge in [0.05, 0.1) is 0 Å². The number of hydrogen-bond donors (Lipinski definition) is 2. The number of carbonyl (C=O) groups is 1. The Hall–Kier alpha value is -2.14. The summed E-state index contributed by atoms with van der Waals surface area (Å²) in [5, 5.41) is 12.1. The molecule has 0 saturated carbocycles. The fourth-order valence-electron chi connectivity index (χ4n) is 2.83. The SMILES string of the molecule is Cc1ccc(C=C2N=C(N3CCCC(CO)C3)NC2=O)cc1. The molecule has 22 heavy (non-hydrogen) atoms. The maximum absolute atomic E-state index is 12.1. The van der Waals surface area contributed by atoms with Crippen LogP contribution in [0.15, 0.2) is 35.0 Å². The highest BCUT2D eigenvalue weighted by atomic mass is 16.3. The zero-order valence-corrected chi connectivity index (χ0v) is 12.7. The second-order valence-corrected chi connectivity index (χ2v) is 5.97. The molecule has 0 aromatic heterocycles. The smallest absolute Gasteiger partial charge is 0.276 e. The van der Waals surface area contributed by atoms with Crippen molar-refractivity contribution < 1.29 is 9.90 Å². The van der Waals surface area contributed by atoms with Crippen LogP contribution in [-0.2, 0) is 4.79 Å². The average Bonchev–Trinajstić information content (AvgIpc) is 2.91. The molecule has 2 heterocycles. The molecule has 1 aromatic rings. The second-order valence-electron chi connectivity index (χ2n) is 5.97. The van der Waals surface area contributed by atoms with Gasteiger partial charge in [0.25, 0.3) is 5.91 Å². The van der Waals surface area contributed by atoms with E-state index in [1.165, 1.54) is 5.56 Å². The summed E-state index contributed by atoms with van der Waals surface area (Å²) in [6.07, 6.45) is 3.84. The van der Waals surface area contributed by atoms with E-state index in [0.29, 0.717) is 11.7 Å². The van der Waals surface area contributed by atoms with Gasteiger partial charge >= 0.3 is 0 Å². The van der Waals surface area contributed by atoms with Crippen LogP contribution in [0.25, 0.3) is 6.08 Å². The summed E-state index contributed by atoms with van der Waals surface area (Å²) in [6.45, 7) is 3.83. The fraction of sp³-hybridized carbons (Fsp3) is 0.412. The van der Waals surface area contributed by atoms with Gasteiger partial charge in [0.1, 0.15) is 5.70 Å². The van der Waals surface area contributed by atoms with E-state index in [9.17, 15) is 9.90 Å². The molecule has 0 spiro atoms. The van der Waals surface area contributed by atoms with E-state index in [2.05, 4.69) is 15.2 Å². The van der Waals surface area contributed by atoms with Crippen molar-refractivity contribution in [1.82, 2.24) is 10.2 Å². The molecule has 1 atom stereocenters. The first-order valence-corrected chi connectivity index (χ1v) is 7.70. The number of amides is 1. The molecule has 5 heteroatoms. The van der Waals surface area contributed by atoms with Gasteiger partial charge in [-0.15, -0.1) is 0 Å². The molecular formula is C17H21N3O2. The van der Waals surface area contributed by atoms with E-state index in [0.717, 1.165) is 31.5 Å². The summed E-state index contributed by atoms with van der Waals surface area (Å²) in [4.78, 5) is 18.6. The molecule has 1 fully saturated rings. The molecule has 1 unspecified atom stereocenters. The lowest BCUT2D eigenvalue weighted by atomic mass is 9.99. The van der Waals surface area contributed by atoms with Crippen LogP contribution in [-0.4, -0.2) is 41.6 Å². The first-order chi connectivity index (χ1) is 10.7. The van der Waals surface area contributed by atoms with Crippen LogP contribution in [0.4, 0.5) is 0 Å². The number of aliphatic hydroxyl groups is 1. The Kier molecular flexibility index (Phi) is 4.24. The number of guanidine groups is 1. The van der Waals surface area contributed by atoms with Crippen molar-refractivity contribution >= 4 is 17.9 Å². The van der Waals surface area contributed by atoms with Gasteiger partial charge in [0, 0.05) is 19.7 Å². The molecule has 0 aliphatic carbocycles. The largest absolute Gasteiger partial charge is 0.396 e. The molecule has 2 aliphatic heterocycles. The topological polar surface area (TPSA) is 64.9 Å². The second kappa shape index (κ2) is 6.32. The van der Waals surface area contributed by atoms with E-state index in [-0.39, 0.29) is 18.4 Å². The van der Waals surface area contributed by atoms with Crippen molar-refractivity contribution in [3.63, 3.8) is 0 Å². The number of benzene rings is 1. The average molecular weight is 299 g/mol. The molecule has 0 radical (unpaired) electrons. The van der Waals surface area contributed by atoms with Crippen LogP contribution in [0.1, 0.15) is 24.0 Å². The van der Waals surface area contributed by atoms with E-state index < -0.39 is 0 Å². The number of nitrogens with one attached hydrogen (secondary N) is 1. The van der Waals surface area contributed by atoms with Gasteiger partial charge in [0.2, 0.25) is 5.96 Å². The van der Waals surface area contributed by atoms with E-state index >= 15 is 0 Å². The number of carbonyl (C=O) groups excluding carboxylic acids is 1. The number of rotatable bonds is 2. The minimum Gasteiger partial charge on any atom is -0.396 e. The first kappa shape index (κ1) is 14.8. The number of aliphatic imine (C=N–C) groups is 1. The summed E-state index contributed by atoms with van der Waals surface area (Å²) < 4.78 is 0. The van der Waals surface area contributed by atoms with Gasteiger partial charge in [-0.1, -0.05) is 29.8 Å². The molecule has 2 aliphatic rings. The summed E-state index contributed by atoms with van der Waals surface area (Å²) >= 11 is 0. The normalized spacial score (nSPS) is 23.6. The van der Waals surface area contributed by atoms with Crippen molar-refractivity contribution in [2.24, 2.45) is 10.9 Å². The van der Waals surface area contributed by atoms with Crippen molar-refractivity contribution in [2.45, 2.75) is 19.8 Å². The third-order valence-electron chi connectivity index (χ3n) is 4.14. The van der Waals surface area contributed by atoms with Crippen LogP contribution in [0.2, 0.25) is 0 Å². The Labute approximate surface area is 130 Å². The standard InChI is InChI=1S/C17H21N3O2/c1-12-4-6-13(7-5-12)9-15-16(22)19-17(18-15)20-8-2-3-14(10-20)11-21/h4-7,9,14,21H,2-3,8,10-11H2,1H3,(H,18,19,22). The highest BCUT2D eigenvalue weighted by Gasteiger charge is 2.28. The Morgan fingerprint density at radius 2 is 2.18 bits per heavy atom. The lowest BCUT2D eigenvalue weighted by Crippen LogP contribution is -2.46. The quantitative estimate of drug-likeness (QED) is 0.814. The Bertz CT molecular complexity index is 619. The number of aliphatic hydroxyl groups excluding tert-OH is 1. The minimum atomic E-state index is -0.165. The van der Waals surface area contributed by atoms with Gasteiger partial charge in [0.15, 0.2) is 0 Å². The number of likely N-dealkylation sites (tertiary alicyclic amines) is 1. The molecule has 2 N–H and O–H groups in total. The maximum atomic E-state index is 12.1. The van der Waals surface area contributed by atoms with E-state index in [4.69, 9.17) is 0 Å². The van der Waals surface area contributed by atoms with Crippen LogP contribution < -0.4 is 5.32 Å². The lowest BCUT2D eigenvalue weighted by molar-refractivity contribution is -0.115. The minimum absolute atomic E-state index is 0.165. The van der Waals surface area contributed by atoms with Crippen LogP contribution in [0.3, 0.4) is 0 Å². The zero-order chi connectivity index (χ0) is 15.5. The summed E-state index contributed by atoms with van der Waals surface area (Å²) in [7, 11) is 0. The molecule has 1 saturated heterocycles. The number of aryl methyl sites for hydroxylation is 1. The van der Waals surface area contributed by atoms with Crippen LogP contribution >= 0.6 is 0 Å². The molecule has 3 rings (SSSR count). The summed E-state index contributed by atoms with van der Waals surface area (Å²) in [5.74, 6) is 0.710. The predicted molar refractivity (Wildman–Crippen MR) is 86.1 cm³/mol. The lowest BCUT2D eigenvalue weighted by Gasteiger charge is -2.32. The molecule has 116 valence electrons. The van der Waals surface area contributed by atoms with Crippen LogP contribution in [0, 0.1) is 12.8 Å². The number of piperidine rings is 1. The van der Waals surface area contributed by atoms with E-state index in [1.807, 2.05) is 31.2 Å². The van der Waals surface area contributed by atoms with Crippen molar-refractivity contribution in [3.8, 4) is 0 Å². The van der Waals surface area contributed by atoms with Gasteiger partial charge in [-0.3, -0.25) is 10.1 Å². The van der Waals surface area contributed by atoms with E-state index in [1.54, 1.807) is 6.08 Å². The van der Waals surface area contributed by atoms with Gasteiger partial charge < -0.3 is 10.0 Å². The highest BCUT2D eigenvalue weighted by molar-refractivity contribution is 6.13. The molecule has 1 aromatic carbocycles. The third kappa shape index (κ3) is 3.20. The molecule has 5 nitrogen and oxygen atoms in total. The maximum Gasteiger partial charge on any atom is 0.276 e. The van der Waals surface area contributed by atoms with Crippen LogP contribution in [0.5, 0.6) is 0 Å². The third-order valence-corrected chi connectivity index (χ3v) is 4.14. The summed E-state index contributed by atoms with van der Waals surface area (Å²) in [5.41, 5.74) is 2.59. The Morgan fingerprint density at radius 3 is 2.91 bits per heavy atom. The Balaban J connectivity index is 1.77. The fourth-order valence-corrected chi connectivity index (χ4v) is 2.83. The van der Waals surface area contributed by atoms with Crippen molar-refractivity contribution in [1.29, 1.82) is 0 Å². The van der Waals surface area contributed by atoms with Gasteiger partial charge in [-0.05, 0) is 37.3 Å². The van der Waals surface area contributed by atoms with Crippen molar-refractivity contribution in [3.05, 3.63) is 41.1 Å². The highest BCUT2D eigenvalue weighted by Crippen LogP contribution is 2.19. The van der Waals surface area contributed by atoms with Gasteiger partial charge in [-0.2, -0.15) is 0 Å². The number of nitrogens with zero attached hydrogens (tertiary/aromatic N) is 2. The predicted octanol–water partition coefficient (Wildman–Crippen LogP) is 1.53. The first-order valence-electron chi connectivity index (χ1n) is 7.70. The monoisotopic (exact) mass is 299 g/mol. The molecular weight excluding hydrogens is 278 g/mol. The molecule has 0 bridgehead atoms. The number of hydrogen-bond acceptors (Lipinski definition) is 4. The molecule has 1 amide bonds.